The van der Waals surface area contributed by atoms with Crippen molar-refractivity contribution < 1.29 is 4.79 Å². The zero-order chi connectivity index (χ0) is 20.9. The van der Waals surface area contributed by atoms with Crippen molar-refractivity contribution in [3.63, 3.8) is 0 Å². The molecule has 2 heterocycles. The van der Waals surface area contributed by atoms with E-state index in [0.29, 0.717) is 25.3 Å². The van der Waals surface area contributed by atoms with Crippen molar-refractivity contribution in [2.45, 2.75) is 33.5 Å². The predicted octanol–water partition coefficient (Wildman–Crippen LogP) is 5.18. The van der Waals surface area contributed by atoms with E-state index in [1.807, 2.05) is 60.5 Å². The van der Waals surface area contributed by atoms with E-state index >= 15 is 0 Å². The van der Waals surface area contributed by atoms with Gasteiger partial charge < -0.3 is 4.90 Å². The molecule has 0 bridgehead atoms. The summed E-state index contributed by atoms with van der Waals surface area (Å²) < 4.78 is 1.77. The first-order chi connectivity index (χ1) is 14.7. The van der Waals surface area contributed by atoms with E-state index in [1.165, 1.54) is 0 Å². The van der Waals surface area contributed by atoms with Gasteiger partial charge in [0.25, 0.3) is 5.91 Å². The number of rotatable bonds is 7. The van der Waals surface area contributed by atoms with Crippen LogP contribution in [-0.2, 0) is 19.6 Å². The quantitative estimate of drug-likeness (QED) is 0.417. The zero-order valence-corrected chi connectivity index (χ0v) is 18.0. The number of aryl methyl sites for hydroxylation is 2. The van der Waals surface area contributed by atoms with Gasteiger partial charge in [-0.1, -0.05) is 54.6 Å². The summed E-state index contributed by atoms with van der Waals surface area (Å²) in [4.78, 5) is 19.8. The second-order valence-corrected chi connectivity index (χ2v) is 8.08. The Hall–Kier alpha value is -3.25. The van der Waals surface area contributed by atoms with Crippen LogP contribution in [0.4, 0.5) is 0 Å². The van der Waals surface area contributed by atoms with Crippen LogP contribution in [0.3, 0.4) is 0 Å². The van der Waals surface area contributed by atoms with Crippen LogP contribution in [0.15, 0.2) is 72.2 Å². The van der Waals surface area contributed by atoms with E-state index in [9.17, 15) is 4.79 Å². The largest absolute Gasteiger partial charge is 0.326 e. The molecule has 2 aromatic heterocycles. The lowest BCUT2D eigenvalue weighted by Crippen LogP contribution is -2.32. The van der Waals surface area contributed by atoms with Crippen LogP contribution in [0.5, 0.6) is 0 Å². The number of aromatic nitrogens is 3. The van der Waals surface area contributed by atoms with Crippen LogP contribution < -0.4 is 0 Å². The van der Waals surface area contributed by atoms with Crippen LogP contribution >= 0.6 is 11.3 Å². The Labute approximate surface area is 180 Å². The number of carbonyl (C=O) groups excluding carboxylic acids is 1. The number of benzene rings is 2. The smallest absolute Gasteiger partial charge is 0.272 e. The van der Waals surface area contributed by atoms with Gasteiger partial charge in [-0.15, -0.1) is 11.3 Å². The maximum Gasteiger partial charge on any atom is 0.272 e. The van der Waals surface area contributed by atoms with Crippen LogP contribution in [0, 0.1) is 6.92 Å². The second kappa shape index (κ2) is 9.05. The van der Waals surface area contributed by atoms with Crippen molar-refractivity contribution in [2.24, 2.45) is 0 Å². The molecule has 5 nitrogen and oxygen atoms in total. The van der Waals surface area contributed by atoms with E-state index in [0.717, 1.165) is 27.4 Å². The van der Waals surface area contributed by atoms with E-state index in [1.54, 1.807) is 22.2 Å². The highest BCUT2D eigenvalue weighted by molar-refractivity contribution is 7.09. The van der Waals surface area contributed by atoms with E-state index in [4.69, 9.17) is 0 Å². The molecule has 0 saturated heterocycles. The third-order valence-electron chi connectivity index (χ3n) is 4.98. The van der Waals surface area contributed by atoms with Crippen molar-refractivity contribution >= 4 is 17.2 Å². The molecule has 0 saturated carbocycles. The highest BCUT2D eigenvalue weighted by Crippen LogP contribution is 2.26. The molecule has 30 heavy (non-hydrogen) atoms. The number of nitrogens with zero attached hydrogens (tertiary/aromatic N) is 4. The van der Waals surface area contributed by atoms with Crippen LogP contribution in [0.2, 0.25) is 0 Å². The lowest BCUT2D eigenvalue weighted by molar-refractivity contribution is 0.0717. The molecule has 6 heteroatoms. The Morgan fingerprint density at radius 3 is 2.57 bits per heavy atom. The van der Waals surface area contributed by atoms with Gasteiger partial charge in [-0.05, 0) is 36.6 Å². The fraction of sp³-hybridized carbons (Fsp3) is 0.208. The fourth-order valence-corrected chi connectivity index (χ4v) is 4.21. The number of thiazole rings is 1. The molecule has 4 aromatic rings. The number of amides is 1. The topological polar surface area (TPSA) is 51.0 Å². The van der Waals surface area contributed by atoms with Crippen molar-refractivity contribution in [3.8, 4) is 11.1 Å². The minimum atomic E-state index is -0.0319. The van der Waals surface area contributed by atoms with Crippen molar-refractivity contribution in [3.05, 3.63) is 94.2 Å². The SMILES string of the molecule is CCn1nc(C)cc1C(=O)N(Cc1nccs1)Cc1ccccc1-c1ccccc1. The highest BCUT2D eigenvalue weighted by atomic mass is 32.1. The molecule has 2 aromatic carbocycles. The molecule has 1 amide bonds. The average Bonchev–Trinajstić information content (AvgIpc) is 3.43. The van der Waals surface area contributed by atoms with Gasteiger partial charge >= 0.3 is 0 Å². The summed E-state index contributed by atoms with van der Waals surface area (Å²) in [5.41, 5.74) is 4.84. The van der Waals surface area contributed by atoms with Crippen LogP contribution in [0.25, 0.3) is 11.1 Å². The third-order valence-corrected chi connectivity index (χ3v) is 5.75. The second-order valence-electron chi connectivity index (χ2n) is 7.10. The number of hydrogen-bond acceptors (Lipinski definition) is 4. The molecule has 0 radical (unpaired) electrons. The zero-order valence-electron chi connectivity index (χ0n) is 17.2. The first kappa shape index (κ1) is 20.0. The maximum absolute atomic E-state index is 13.6. The summed E-state index contributed by atoms with van der Waals surface area (Å²) in [6.07, 6.45) is 1.78. The van der Waals surface area contributed by atoms with E-state index in [2.05, 4.69) is 34.3 Å². The molecule has 0 spiro atoms. The lowest BCUT2D eigenvalue weighted by atomic mass is 9.99. The summed E-state index contributed by atoms with van der Waals surface area (Å²) in [7, 11) is 0. The molecule has 0 fully saturated rings. The monoisotopic (exact) mass is 416 g/mol. The molecule has 0 atom stereocenters. The summed E-state index contributed by atoms with van der Waals surface area (Å²) in [5.74, 6) is -0.0319. The molecule has 0 aliphatic carbocycles. The fourth-order valence-electron chi connectivity index (χ4n) is 3.58. The Balaban J connectivity index is 1.70. The van der Waals surface area contributed by atoms with Crippen LogP contribution in [-0.4, -0.2) is 25.6 Å². The molecule has 152 valence electrons. The highest BCUT2D eigenvalue weighted by Gasteiger charge is 2.23. The first-order valence-electron chi connectivity index (χ1n) is 10.0. The number of hydrogen-bond donors (Lipinski definition) is 0. The molecular formula is C24H24N4OS. The Bertz CT molecular complexity index is 1120. The summed E-state index contributed by atoms with van der Waals surface area (Å²) in [6, 6.07) is 20.4. The first-order valence-corrected chi connectivity index (χ1v) is 10.9. The van der Waals surface area contributed by atoms with Gasteiger partial charge in [0.15, 0.2) is 0 Å². The maximum atomic E-state index is 13.6. The summed E-state index contributed by atoms with van der Waals surface area (Å²) in [5, 5.41) is 7.32. The minimum Gasteiger partial charge on any atom is -0.326 e. The molecular weight excluding hydrogens is 392 g/mol. The van der Waals surface area contributed by atoms with Gasteiger partial charge in [0.05, 0.1) is 12.2 Å². The van der Waals surface area contributed by atoms with Crippen LogP contribution in [0.1, 0.15) is 33.7 Å². The van der Waals surface area contributed by atoms with Crippen molar-refractivity contribution in [1.82, 2.24) is 19.7 Å². The van der Waals surface area contributed by atoms with Gasteiger partial charge in [-0.25, -0.2) is 4.98 Å². The average molecular weight is 417 g/mol. The van der Waals surface area contributed by atoms with Gasteiger partial charge in [0, 0.05) is 24.7 Å². The third kappa shape index (κ3) is 4.33. The predicted molar refractivity (Wildman–Crippen MR) is 120 cm³/mol. The van der Waals surface area contributed by atoms with Gasteiger partial charge in [0.2, 0.25) is 0 Å². The Morgan fingerprint density at radius 2 is 1.83 bits per heavy atom. The summed E-state index contributed by atoms with van der Waals surface area (Å²) >= 11 is 1.56. The molecule has 4 rings (SSSR count). The van der Waals surface area contributed by atoms with E-state index < -0.39 is 0 Å². The number of carbonyl (C=O) groups is 1. The van der Waals surface area contributed by atoms with Gasteiger partial charge in [-0.3, -0.25) is 9.48 Å². The van der Waals surface area contributed by atoms with Crippen molar-refractivity contribution in [2.75, 3.05) is 0 Å². The van der Waals surface area contributed by atoms with Gasteiger partial charge in [0.1, 0.15) is 10.7 Å². The summed E-state index contributed by atoms with van der Waals surface area (Å²) in [6.45, 7) is 5.53. The van der Waals surface area contributed by atoms with Crippen molar-refractivity contribution in [1.29, 1.82) is 0 Å². The Kier molecular flexibility index (Phi) is 6.05. The van der Waals surface area contributed by atoms with E-state index in [-0.39, 0.29) is 5.91 Å². The minimum absolute atomic E-state index is 0.0319. The standard InChI is InChI=1S/C24H24N4OS/c1-3-28-22(15-18(2)26-28)24(29)27(17-23-25-13-14-30-23)16-20-11-7-8-12-21(20)19-9-5-4-6-10-19/h4-15H,3,16-17H2,1-2H3. The molecule has 0 unspecified atom stereocenters. The normalized spacial score (nSPS) is 10.9. The lowest BCUT2D eigenvalue weighted by Gasteiger charge is -2.23. The Morgan fingerprint density at radius 1 is 1.07 bits per heavy atom. The molecule has 0 N–H and O–H groups in total. The molecule has 0 aliphatic rings. The molecule has 0 aliphatic heterocycles. The van der Waals surface area contributed by atoms with Gasteiger partial charge in [-0.2, -0.15) is 5.10 Å².